The number of carbonyl (C=O) groups is 1. The smallest absolute Gasteiger partial charge is 0.276 e. The van der Waals surface area contributed by atoms with Crippen molar-refractivity contribution in [3.8, 4) is 0 Å². The van der Waals surface area contributed by atoms with Crippen molar-refractivity contribution < 1.29 is 18.8 Å². The van der Waals surface area contributed by atoms with Crippen LogP contribution in [0, 0.1) is 6.92 Å². The fourth-order valence-electron chi connectivity index (χ4n) is 2.27. The summed E-state index contributed by atoms with van der Waals surface area (Å²) < 4.78 is 15.6. The van der Waals surface area contributed by atoms with Gasteiger partial charge in [-0.15, -0.1) is 0 Å². The Kier molecular flexibility index (Phi) is 4.55. The van der Waals surface area contributed by atoms with Crippen molar-refractivity contribution in [1.82, 2.24) is 10.1 Å². The minimum absolute atomic E-state index is 0.0981. The molecule has 1 aromatic heterocycles. The molecule has 0 aliphatic carbocycles. The highest BCUT2D eigenvalue weighted by molar-refractivity contribution is 5.94. The Labute approximate surface area is 112 Å². The molecular formula is C13H20N2O4. The van der Waals surface area contributed by atoms with Crippen molar-refractivity contribution in [2.45, 2.75) is 32.9 Å². The molecule has 1 fully saturated rings. The Hall–Kier alpha value is -1.40. The number of carbonyl (C=O) groups excluding carboxylic acids is 1. The maximum absolute atomic E-state index is 12.6. The van der Waals surface area contributed by atoms with Crippen LogP contribution in [0.15, 0.2) is 4.52 Å². The van der Waals surface area contributed by atoms with E-state index in [2.05, 4.69) is 5.16 Å². The predicted octanol–water partition coefficient (Wildman–Crippen LogP) is 1.38. The van der Waals surface area contributed by atoms with Crippen molar-refractivity contribution >= 4 is 5.91 Å². The van der Waals surface area contributed by atoms with Gasteiger partial charge in [0.05, 0.1) is 31.4 Å². The maximum atomic E-state index is 12.6. The molecule has 2 heterocycles. The van der Waals surface area contributed by atoms with Gasteiger partial charge in [-0.3, -0.25) is 4.79 Å². The van der Waals surface area contributed by atoms with Gasteiger partial charge in [-0.2, -0.15) is 0 Å². The number of methoxy groups -OCH3 is 1. The Morgan fingerprint density at radius 3 is 3.05 bits per heavy atom. The summed E-state index contributed by atoms with van der Waals surface area (Å²) in [6, 6.07) is 0.105. The third-order valence-corrected chi connectivity index (χ3v) is 3.44. The van der Waals surface area contributed by atoms with Gasteiger partial charge in [-0.05, 0) is 13.3 Å². The van der Waals surface area contributed by atoms with Gasteiger partial charge in [0.2, 0.25) is 0 Å². The number of aromatic nitrogens is 1. The van der Waals surface area contributed by atoms with Gasteiger partial charge in [0.15, 0.2) is 5.69 Å². The average Bonchev–Trinajstić information content (AvgIpc) is 2.80. The van der Waals surface area contributed by atoms with E-state index in [9.17, 15) is 4.79 Å². The lowest BCUT2D eigenvalue weighted by Gasteiger charge is -2.34. The molecule has 1 aromatic rings. The number of rotatable bonds is 4. The highest BCUT2D eigenvalue weighted by atomic mass is 16.5. The van der Waals surface area contributed by atoms with E-state index in [-0.39, 0.29) is 11.9 Å². The fraction of sp³-hybridized carbons (Fsp3) is 0.692. The fourth-order valence-corrected chi connectivity index (χ4v) is 2.27. The van der Waals surface area contributed by atoms with E-state index in [1.807, 2.05) is 11.8 Å². The molecule has 1 aliphatic heterocycles. The normalized spacial score (nSPS) is 19.7. The van der Waals surface area contributed by atoms with Crippen LogP contribution in [0.3, 0.4) is 0 Å². The number of ether oxygens (including phenoxy) is 2. The van der Waals surface area contributed by atoms with Crippen molar-refractivity contribution in [3.05, 3.63) is 17.0 Å². The van der Waals surface area contributed by atoms with Crippen LogP contribution in [0.5, 0.6) is 0 Å². The summed E-state index contributed by atoms with van der Waals surface area (Å²) in [4.78, 5) is 14.4. The zero-order valence-electron chi connectivity index (χ0n) is 11.6. The molecule has 0 saturated carbocycles. The van der Waals surface area contributed by atoms with E-state index in [1.165, 1.54) is 0 Å². The van der Waals surface area contributed by atoms with Crippen LogP contribution in [0.25, 0.3) is 0 Å². The summed E-state index contributed by atoms with van der Waals surface area (Å²) in [5, 5.41) is 3.89. The first-order valence-electron chi connectivity index (χ1n) is 6.51. The summed E-state index contributed by atoms with van der Waals surface area (Å²) in [6.45, 7) is 5.91. The minimum atomic E-state index is -0.0981. The minimum Gasteiger partial charge on any atom is -0.380 e. The SMILES string of the molecule is CC[C@H]1COCCN1C(=O)c1noc(C)c1COC. The summed E-state index contributed by atoms with van der Waals surface area (Å²) in [6.07, 6.45) is 0.863. The molecule has 1 amide bonds. The zero-order chi connectivity index (χ0) is 13.8. The van der Waals surface area contributed by atoms with Crippen LogP contribution >= 0.6 is 0 Å². The second kappa shape index (κ2) is 6.16. The van der Waals surface area contributed by atoms with E-state index < -0.39 is 0 Å². The van der Waals surface area contributed by atoms with E-state index in [4.69, 9.17) is 14.0 Å². The first-order chi connectivity index (χ1) is 9.19. The number of hydrogen-bond acceptors (Lipinski definition) is 5. The van der Waals surface area contributed by atoms with Crippen molar-refractivity contribution in [1.29, 1.82) is 0 Å². The molecule has 6 heteroatoms. The van der Waals surface area contributed by atoms with Crippen LogP contribution in [-0.4, -0.2) is 48.9 Å². The number of aryl methyl sites for hydroxylation is 1. The largest absolute Gasteiger partial charge is 0.380 e. The Morgan fingerprint density at radius 1 is 1.58 bits per heavy atom. The molecule has 106 valence electrons. The average molecular weight is 268 g/mol. The molecule has 6 nitrogen and oxygen atoms in total. The molecule has 0 bridgehead atoms. The molecule has 0 unspecified atom stereocenters. The first kappa shape index (κ1) is 14.0. The second-order valence-corrected chi connectivity index (χ2v) is 4.63. The Morgan fingerprint density at radius 2 is 2.37 bits per heavy atom. The van der Waals surface area contributed by atoms with Gasteiger partial charge in [-0.25, -0.2) is 0 Å². The lowest BCUT2D eigenvalue weighted by molar-refractivity contribution is -0.00344. The number of nitrogens with zero attached hydrogens (tertiary/aromatic N) is 2. The van der Waals surface area contributed by atoms with Gasteiger partial charge in [0.25, 0.3) is 5.91 Å². The van der Waals surface area contributed by atoms with Gasteiger partial charge in [-0.1, -0.05) is 12.1 Å². The third-order valence-electron chi connectivity index (χ3n) is 3.44. The summed E-state index contributed by atoms with van der Waals surface area (Å²) >= 11 is 0. The molecule has 0 aromatic carbocycles. The van der Waals surface area contributed by atoms with Crippen LogP contribution in [-0.2, 0) is 16.1 Å². The van der Waals surface area contributed by atoms with Crippen molar-refractivity contribution in [2.75, 3.05) is 26.9 Å². The predicted molar refractivity (Wildman–Crippen MR) is 67.9 cm³/mol. The molecular weight excluding hydrogens is 248 g/mol. The quantitative estimate of drug-likeness (QED) is 0.825. The van der Waals surface area contributed by atoms with E-state index in [1.54, 1.807) is 14.0 Å². The highest BCUT2D eigenvalue weighted by Gasteiger charge is 2.30. The number of morpholine rings is 1. The van der Waals surface area contributed by atoms with E-state index >= 15 is 0 Å². The maximum Gasteiger partial charge on any atom is 0.276 e. The highest BCUT2D eigenvalue weighted by Crippen LogP contribution is 2.19. The van der Waals surface area contributed by atoms with Crippen molar-refractivity contribution in [3.63, 3.8) is 0 Å². The molecule has 0 spiro atoms. The van der Waals surface area contributed by atoms with Gasteiger partial charge < -0.3 is 18.9 Å². The molecule has 1 atom stereocenters. The number of hydrogen-bond donors (Lipinski definition) is 0. The molecule has 2 rings (SSSR count). The summed E-state index contributed by atoms with van der Waals surface area (Å²) in [5.74, 6) is 0.533. The van der Waals surface area contributed by atoms with Gasteiger partial charge in [0, 0.05) is 13.7 Å². The number of amides is 1. The first-order valence-corrected chi connectivity index (χ1v) is 6.51. The lowest BCUT2D eigenvalue weighted by Crippen LogP contribution is -2.48. The molecule has 1 saturated heterocycles. The Balaban J connectivity index is 2.22. The third kappa shape index (κ3) is 2.79. The van der Waals surface area contributed by atoms with Gasteiger partial charge >= 0.3 is 0 Å². The standard InChI is InChI=1S/C13H20N2O4/c1-4-10-7-18-6-5-15(10)13(16)12-11(8-17-3)9(2)19-14-12/h10H,4-8H2,1-3H3/t10-/m0/s1. The van der Waals surface area contributed by atoms with Crippen LogP contribution in [0.4, 0.5) is 0 Å². The van der Waals surface area contributed by atoms with Crippen molar-refractivity contribution in [2.24, 2.45) is 0 Å². The zero-order valence-corrected chi connectivity index (χ0v) is 11.6. The summed E-state index contributed by atoms with van der Waals surface area (Å²) in [5.41, 5.74) is 1.09. The summed E-state index contributed by atoms with van der Waals surface area (Å²) in [7, 11) is 1.59. The monoisotopic (exact) mass is 268 g/mol. The Bertz CT molecular complexity index is 444. The van der Waals surface area contributed by atoms with Gasteiger partial charge in [0.1, 0.15) is 5.76 Å². The second-order valence-electron chi connectivity index (χ2n) is 4.63. The van der Waals surface area contributed by atoms with Crippen LogP contribution < -0.4 is 0 Å². The molecule has 19 heavy (non-hydrogen) atoms. The van der Waals surface area contributed by atoms with Crippen LogP contribution in [0.1, 0.15) is 35.2 Å². The molecule has 0 N–H and O–H groups in total. The molecule has 1 aliphatic rings. The van der Waals surface area contributed by atoms with E-state index in [0.717, 1.165) is 12.0 Å². The topological polar surface area (TPSA) is 64.8 Å². The van der Waals surface area contributed by atoms with E-state index in [0.29, 0.717) is 37.8 Å². The lowest BCUT2D eigenvalue weighted by atomic mass is 10.1. The van der Waals surface area contributed by atoms with Crippen LogP contribution in [0.2, 0.25) is 0 Å². The molecule has 0 radical (unpaired) electrons.